The molecule has 0 aromatic heterocycles. The van der Waals surface area contributed by atoms with Crippen molar-refractivity contribution in [2.75, 3.05) is 23.8 Å². The van der Waals surface area contributed by atoms with Gasteiger partial charge in [-0.2, -0.15) is 0 Å². The van der Waals surface area contributed by atoms with E-state index in [-0.39, 0.29) is 25.0 Å². The van der Waals surface area contributed by atoms with Gasteiger partial charge in [-0.15, -0.1) is 0 Å². The van der Waals surface area contributed by atoms with Gasteiger partial charge in [-0.25, -0.2) is 4.90 Å². The third-order valence-electron chi connectivity index (χ3n) is 2.41. The van der Waals surface area contributed by atoms with Crippen LogP contribution in [0.5, 0.6) is 0 Å². The lowest BCUT2D eigenvalue weighted by Gasteiger charge is -2.26. The summed E-state index contributed by atoms with van der Waals surface area (Å²) in [7, 11) is 0. The van der Waals surface area contributed by atoms with Crippen LogP contribution in [0.3, 0.4) is 0 Å². The summed E-state index contributed by atoms with van der Waals surface area (Å²) in [5.41, 5.74) is 7.59. The van der Waals surface area contributed by atoms with Crippen molar-refractivity contribution >= 4 is 23.2 Å². The van der Waals surface area contributed by atoms with Crippen molar-refractivity contribution in [1.29, 1.82) is 0 Å². The van der Waals surface area contributed by atoms with Gasteiger partial charge in [-0.3, -0.25) is 9.59 Å². The Morgan fingerprint density at radius 1 is 1.25 bits per heavy atom. The molecule has 1 fully saturated rings. The summed E-state index contributed by atoms with van der Waals surface area (Å²) in [6.07, 6.45) is 0. The van der Waals surface area contributed by atoms with Gasteiger partial charge >= 0.3 is 0 Å². The topological polar surface area (TPSA) is 72.6 Å². The molecular weight excluding hydrogens is 208 g/mol. The highest BCUT2D eigenvalue weighted by molar-refractivity contribution is 6.17. The average molecular weight is 220 g/mol. The minimum Gasteiger partial charge on any atom is -0.399 e. The maximum absolute atomic E-state index is 11.6. The second-order valence-corrected chi connectivity index (χ2v) is 3.66. The van der Waals surface area contributed by atoms with Crippen LogP contribution in [0.4, 0.5) is 11.4 Å². The lowest BCUT2D eigenvalue weighted by molar-refractivity contribution is -0.138. The van der Waals surface area contributed by atoms with Gasteiger partial charge < -0.3 is 10.5 Å². The van der Waals surface area contributed by atoms with Gasteiger partial charge in [0, 0.05) is 5.69 Å². The maximum Gasteiger partial charge on any atom is 0.259 e. The predicted molar refractivity (Wildman–Crippen MR) is 58.9 cm³/mol. The molecule has 0 atom stereocenters. The summed E-state index contributed by atoms with van der Waals surface area (Å²) in [6.45, 7) is 1.69. The lowest BCUT2D eigenvalue weighted by Crippen LogP contribution is -2.46. The predicted octanol–water partition coefficient (Wildman–Crippen LogP) is 0.467. The largest absolute Gasteiger partial charge is 0.399 e. The zero-order valence-electron chi connectivity index (χ0n) is 8.90. The van der Waals surface area contributed by atoms with E-state index in [1.54, 1.807) is 18.2 Å². The summed E-state index contributed by atoms with van der Waals surface area (Å²) in [6, 6.07) is 5.06. The number of nitrogens with two attached hydrogens (primary N) is 1. The minimum absolute atomic E-state index is 0.0600. The summed E-state index contributed by atoms with van der Waals surface area (Å²) in [5, 5.41) is 0. The molecule has 1 aromatic carbocycles. The standard InChI is InChI=1S/C11H12N2O3/c1-7-4-8(12)2-3-9(7)13-10(14)5-16-6-11(13)15/h2-4H,5-6,12H2,1H3. The molecule has 1 aromatic rings. The number of nitrogen functional groups attached to an aromatic ring is 1. The Morgan fingerprint density at radius 2 is 1.88 bits per heavy atom. The SMILES string of the molecule is Cc1cc(N)ccc1N1C(=O)COCC1=O. The van der Waals surface area contributed by atoms with Crippen LogP contribution in [0.25, 0.3) is 0 Å². The number of anilines is 2. The molecule has 0 unspecified atom stereocenters. The van der Waals surface area contributed by atoms with Crippen molar-refractivity contribution in [3.05, 3.63) is 23.8 Å². The Bertz CT molecular complexity index is 441. The van der Waals surface area contributed by atoms with Crippen LogP contribution in [-0.2, 0) is 14.3 Å². The molecule has 84 valence electrons. The fourth-order valence-corrected chi connectivity index (χ4v) is 1.69. The van der Waals surface area contributed by atoms with Crippen LogP contribution in [0.2, 0.25) is 0 Å². The first kappa shape index (κ1) is 10.6. The van der Waals surface area contributed by atoms with Crippen LogP contribution in [0.1, 0.15) is 5.56 Å². The average Bonchev–Trinajstić information content (AvgIpc) is 2.20. The van der Waals surface area contributed by atoms with E-state index < -0.39 is 0 Å². The number of rotatable bonds is 1. The summed E-state index contributed by atoms with van der Waals surface area (Å²) < 4.78 is 4.84. The first-order valence-corrected chi connectivity index (χ1v) is 4.89. The molecule has 0 aliphatic carbocycles. The number of carbonyl (C=O) groups is 2. The number of ether oxygens (including phenoxy) is 1. The van der Waals surface area contributed by atoms with E-state index in [0.717, 1.165) is 10.5 Å². The highest BCUT2D eigenvalue weighted by atomic mass is 16.5. The second kappa shape index (κ2) is 3.94. The van der Waals surface area contributed by atoms with Crippen molar-refractivity contribution < 1.29 is 14.3 Å². The van der Waals surface area contributed by atoms with Gasteiger partial charge in [0.25, 0.3) is 11.8 Å². The van der Waals surface area contributed by atoms with Gasteiger partial charge in [0.1, 0.15) is 13.2 Å². The molecule has 0 radical (unpaired) electrons. The third-order valence-corrected chi connectivity index (χ3v) is 2.41. The molecule has 1 aliphatic heterocycles. The van der Waals surface area contributed by atoms with E-state index in [0.29, 0.717) is 11.4 Å². The number of nitrogens with zero attached hydrogens (tertiary/aromatic N) is 1. The zero-order valence-corrected chi connectivity index (χ0v) is 8.90. The number of aryl methyl sites for hydroxylation is 1. The minimum atomic E-state index is -0.343. The van der Waals surface area contributed by atoms with E-state index in [9.17, 15) is 9.59 Å². The molecule has 2 rings (SSSR count). The molecule has 1 heterocycles. The van der Waals surface area contributed by atoms with Gasteiger partial charge in [0.15, 0.2) is 0 Å². The quantitative estimate of drug-likeness (QED) is 0.551. The van der Waals surface area contributed by atoms with E-state index in [4.69, 9.17) is 10.5 Å². The smallest absolute Gasteiger partial charge is 0.259 e. The van der Waals surface area contributed by atoms with Gasteiger partial charge in [-0.05, 0) is 30.7 Å². The molecule has 2 N–H and O–H groups in total. The van der Waals surface area contributed by atoms with E-state index >= 15 is 0 Å². The van der Waals surface area contributed by atoms with Crippen LogP contribution in [-0.4, -0.2) is 25.0 Å². The molecule has 1 saturated heterocycles. The van der Waals surface area contributed by atoms with Crippen molar-refractivity contribution in [3.8, 4) is 0 Å². The number of hydrogen-bond donors (Lipinski definition) is 1. The van der Waals surface area contributed by atoms with E-state index in [2.05, 4.69) is 0 Å². The molecule has 16 heavy (non-hydrogen) atoms. The molecule has 0 saturated carbocycles. The first-order valence-electron chi connectivity index (χ1n) is 4.89. The fraction of sp³-hybridized carbons (Fsp3) is 0.273. The second-order valence-electron chi connectivity index (χ2n) is 3.66. The normalized spacial score (nSPS) is 16.7. The number of carbonyl (C=O) groups excluding carboxylic acids is 2. The van der Waals surface area contributed by atoms with Gasteiger partial charge in [-0.1, -0.05) is 0 Å². The highest BCUT2D eigenvalue weighted by Crippen LogP contribution is 2.23. The van der Waals surface area contributed by atoms with Crippen LogP contribution < -0.4 is 10.6 Å². The van der Waals surface area contributed by atoms with Crippen molar-refractivity contribution in [1.82, 2.24) is 0 Å². The highest BCUT2D eigenvalue weighted by Gasteiger charge is 2.28. The van der Waals surface area contributed by atoms with Crippen molar-refractivity contribution in [2.45, 2.75) is 6.92 Å². The summed E-state index contributed by atoms with van der Waals surface area (Å²) in [4.78, 5) is 24.3. The Balaban J connectivity index is 2.42. The Morgan fingerprint density at radius 3 is 2.44 bits per heavy atom. The van der Waals surface area contributed by atoms with Crippen molar-refractivity contribution in [3.63, 3.8) is 0 Å². The monoisotopic (exact) mass is 220 g/mol. The zero-order chi connectivity index (χ0) is 11.7. The van der Waals surface area contributed by atoms with Crippen molar-refractivity contribution in [2.24, 2.45) is 0 Å². The number of morpholine rings is 1. The Labute approximate surface area is 92.8 Å². The number of benzene rings is 1. The number of hydrogen-bond acceptors (Lipinski definition) is 4. The first-order chi connectivity index (χ1) is 7.59. The number of amides is 2. The Hall–Kier alpha value is -1.88. The van der Waals surface area contributed by atoms with Gasteiger partial charge in [0.05, 0.1) is 5.69 Å². The lowest BCUT2D eigenvalue weighted by atomic mass is 10.1. The van der Waals surface area contributed by atoms with Crippen LogP contribution >= 0.6 is 0 Å². The van der Waals surface area contributed by atoms with Crippen LogP contribution in [0.15, 0.2) is 18.2 Å². The third kappa shape index (κ3) is 1.77. The summed E-state index contributed by atoms with van der Waals surface area (Å²) in [5.74, 6) is -0.687. The Kier molecular flexibility index (Phi) is 2.62. The molecule has 0 bridgehead atoms. The fourth-order valence-electron chi connectivity index (χ4n) is 1.69. The molecular formula is C11H12N2O3. The molecule has 2 amide bonds. The van der Waals surface area contributed by atoms with Gasteiger partial charge in [0.2, 0.25) is 0 Å². The maximum atomic E-state index is 11.6. The molecule has 5 heteroatoms. The molecule has 1 aliphatic rings. The molecule has 5 nitrogen and oxygen atoms in total. The molecule has 0 spiro atoms. The van der Waals surface area contributed by atoms with E-state index in [1.807, 2.05) is 6.92 Å². The number of imide groups is 1. The van der Waals surface area contributed by atoms with E-state index in [1.165, 1.54) is 0 Å². The van der Waals surface area contributed by atoms with Crippen LogP contribution in [0, 0.1) is 6.92 Å². The summed E-state index contributed by atoms with van der Waals surface area (Å²) >= 11 is 0.